The lowest BCUT2D eigenvalue weighted by atomic mass is 9.89. The third kappa shape index (κ3) is 6.60. The second-order valence-corrected chi connectivity index (χ2v) is 12.0. The highest BCUT2D eigenvalue weighted by molar-refractivity contribution is 5.97. The number of fused-ring (bicyclic) bond motifs is 2. The number of benzene rings is 3. The zero-order valence-corrected chi connectivity index (χ0v) is 24.6. The Morgan fingerprint density at radius 1 is 1.00 bits per heavy atom. The monoisotopic (exact) mass is 563 g/mol. The van der Waals surface area contributed by atoms with Crippen molar-refractivity contribution < 1.29 is 14.3 Å². The van der Waals surface area contributed by atoms with Crippen molar-refractivity contribution in [1.29, 1.82) is 0 Å². The van der Waals surface area contributed by atoms with E-state index >= 15 is 0 Å². The van der Waals surface area contributed by atoms with E-state index in [1.807, 2.05) is 35.2 Å². The molecule has 218 valence electrons. The number of aryl methyl sites for hydroxylation is 1. The Hall–Kier alpha value is -3.90. The number of morpholine rings is 1. The van der Waals surface area contributed by atoms with Gasteiger partial charge < -0.3 is 15.0 Å². The molecule has 0 aromatic heterocycles. The van der Waals surface area contributed by atoms with Crippen LogP contribution in [0, 0.1) is 6.92 Å². The molecule has 0 radical (unpaired) electrons. The maximum atomic E-state index is 13.6. The topological polar surface area (TPSA) is 61.9 Å². The molecule has 6 nitrogen and oxygen atoms in total. The normalized spacial score (nSPS) is 21.4. The van der Waals surface area contributed by atoms with Crippen LogP contribution in [-0.4, -0.2) is 53.4 Å². The van der Waals surface area contributed by atoms with Crippen molar-refractivity contribution in [3.8, 4) is 0 Å². The fourth-order valence-electron chi connectivity index (χ4n) is 6.60. The van der Waals surface area contributed by atoms with Gasteiger partial charge in [-0.1, -0.05) is 72.6 Å². The molecule has 2 aliphatic heterocycles. The molecule has 2 unspecified atom stereocenters. The van der Waals surface area contributed by atoms with E-state index in [4.69, 9.17) is 4.74 Å². The van der Waals surface area contributed by atoms with E-state index < -0.39 is 0 Å². The number of carbonyl (C=O) groups excluding carboxylic acids is 2. The second-order valence-electron chi connectivity index (χ2n) is 12.0. The van der Waals surface area contributed by atoms with Gasteiger partial charge in [-0.3, -0.25) is 14.5 Å². The number of nitrogens with one attached hydrogen (secondary N) is 1. The van der Waals surface area contributed by atoms with Gasteiger partial charge in [0.2, 0.25) is 0 Å². The summed E-state index contributed by atoms with van der Waals surface area (Å²) in [6.45, 7) is 6.34. The van der Waals surface area contributed by atoms with Gasteiger partial charge in [-0.15, -0.1) is 0 Å². The molecule has 1 aliphatic carbocycles. The lowest BCUT2D eigenvalue weighted by Gasteiger charge is -2.44. The number of hydrogen-bond donors (Lipinski definition) is 1. The fourth-order valence-corrected chi connectivity index (χ4v) is 6.60. The third-order valence-electron chi connectivity index (χ3n) is 8.87. The second kappa shape index (κ2) is 13.0. The third-order valence-corrected chi connectivity index (χ3v) is 8.87. The number of nitrogens with zero attached hydrogens (tertiary/aromatic N) is 2. The van der Waals surface area contributed by atoms with Gasteiger partial charge in [0, 0.05) is 38.3 Å². The van der Waals surface area contributed by atoms with Gasteiger partial charge in [0.15, 0.2) is 5.76 Å². The molecule has 0 bridgehead atoms. The first-order valence-electron chi connectivity index (χ1n) is 15.5. The van der Waals surface area contributed by atoms with Crippen LogP contribution in [0.15, 0.2) is 78.6 Å². The van der Waals surface area contributed by atoms with Crippen molar-refractivity contribution in [2.75, 3.05) is 19.6 Å². The molecule has 1 saturated carbocycles. The number of amides is 2. The maximum absolute atomic E-state index is 13.6. The maximum Gasteiger partial charge on any atom is 0.289 e. The van der Waals surface area contributed by atoms with Crippen LogP contribution in [0.5, 0.6) is 0 Å². The first-order chi connectivity index (χ1) is 20.5. The molecule has 2 fully saturated rings. The Labute approximate surface area is 249 Å². The van der Waals surface area contributed by atoms with E-state index in [1.165, 1.54) is 16.7 Å². The number of ether oxygens (including phenoxy) is 1. The number of carbonyl (C=O) groups is 2. The van der Waals surface area contributed by atoms with Crippen LogP contribution in [0.2, 0.25) is 0 Å². The Kier molecular flexibility index (Phi) is 8.71. The fraction of sp³-hybridized carbons (Fsp3) is 0.389. The zero-order valence-electron chi connectivity index (χ0n) is 24.6. The van der Waals surface area contributed by atoms with Crippen LogP contribution in [0.4, 0.5) is 0 Å². The molecule has 2 amide bonds. The van der Waals surface area contributed by atoms with Crippen LogP contribution in [0.1, 0.15) is 70.3 Å². The standard InChI is InChI=1S/C36H41N3O3/c1-26-8-6-9-28(22-26)24-39-32-12-4-5-13-33(32)42-34(36(39)41)23-27-14-16-30(17-15-27)35(40)37-19-7-20-38-21-18-29-10-2-3-11-31(29)25-38/h2-3,6,8-11,14-17,22-23,32-33H,4-5,7,12-13,18-21,24-25H2,1H3,(H,37,40)/b34-23+. The largest absolute Gasteiger partial charge is 0.482 e. The van der Waals surface area contributed by atoms with Gasteiger partial charge in [0.1, 0.15) is 6.10 Å². The quantitative estimate of drug-likeness (QED) is 0.275. The predicted molar refractivity (Wildman–Crippen MR) is 166 cm³/mol. The van der Waals surface area contributed by atoms with Crippen LogP contribution >= 0.6 is 0 Å². The van der Waals surface area contributed by atoms with Crippen LogP contribution in [0.25, 0.3) is 6.08 Å². The summed E-state index contributed by atoms with van der Waals surface area (Å²) in [4.78, 5) is 30.9. The minimum atomic E-state index is -0.0717. The average Bonchev–Trinajstić information content (AvgIpc) is 3.01. The molecule has 1 N–H and O–H groups in total. The van der Waals surface area contributed by atoms with Crippen molar-refractivity contribution in [2.45, 2.75) is 70.7 Å². The minimum Gasteiger partial charge on any atom is -0.482 e. The van der Waals surface area contributed by atoms with E-state index in [-0.39, 0.29) is 24.0 Å². The molecule has 3 aliphatic rings. The Bertz CT molecular complexity index is 1450. The van der Waals surface area contributed by atoms with Crippen LogP contribution in [-0.2, 0) is 29.0 Å². The lowest BCUT2D eigenvalue weighted by Crippen LogP contribution is -2.54. The summed E-state index contributed by atoms with van der Waals surface area (Å²) in [7, 11) is 0. The molecule has 1 saturated heterocycles. The van der Waals surface area contributed by atoms with E-state index in [2.05, 4.69) is 65.7 Å². The van der Waals surface area contributed by atoms with Gasteiger partial charge in [0.25, 0.3) is 11.8 Å². The number of rotatable bonds is 8. The van der Waals surface area contributed by atoms with E-state index in [0.29, 0.717) is 24.4 Å². The van der Waals surface area contributed by atoms with Gasteiger partial charge >= 0.3 is 0 Å². The molecule has 2 atom stereocenters. The zero-order chi connectivity index (χ0) is 28.9. The van der Waals surface area contributed by atoms with Gasteiger partial charge in [-0.05, 0) is 79.5 Å². The van der Waals surface area contributed by atoms with Crippen LogP contribution in [0.3, 0.4) is 0 Å². The molecule has 6 rings (SSSR count). The summed E-state index contributed by atoms with van der Waals surface area (Å²) in [5.41, 5.74) is 6.68. The summed E-state index contributed by atoms with van der Waals surface area (Å²) in [5, 5.41) is 3.06. The summed E-state index contributed by atoms with van der Waals surface area (Å²) in [5.74, 6) is 0.263. The molecule has 0 spiro atoms. The predicted octanol–water partition coefficient (Wildman–Crippen LogP) is 5.88. The molecular weight excluding hydrogens is 522 g/mol. The Morgan fingerprint density at radius 3 is 2.64 bits per heavy atom. The average molecular weight is 564 g/mol. The van der Waals surface area contributed by atoms with Crippen molar-refractivity contribution in [1.82, 2.24) is 15.1 Å². The Balaban J connectivity index is 1.04. The van der Waals surface area contributed by atoms with Crippen molar-refractivity contribution >= 4 is 17.9 Å². The summed E-state index contributed by atoms with van der Waals surface area (Å²) < 4.78 is 6.30. The first kappa shape index (κ1) is 28.2. The summed E-state index contributed by atoms with van der Waals surface area (Å²) in [6.07, 6.45) is 8.04. The summed E-state index contributed by atoms with van der Waals surface area (Å²) >= 11 is 0. The van der Waals surface area contributed by atoms with Crippen molar-refractivity contribution in [3.63, 3.8) is 0 Å². The van der Waals surface area contributed by atoms with Gasteiger partial charge in [-0.25, -0.2) is 0 Å². The van der Waals surface area contributed by atoms with E-state index in [1.54, 1.807) is 0 Å². The lowest BCUT2D eigenvalue weighted by molar-refractivity contribution is -0.149. The SMILES string of the molecule is Cc1cccc(CN2C(=O)/C(=C\c3ccc(C(=O)NCCCN4CCc5ccccc5C4)cc3)OC3CCCCC32)c1. The first-order valence-corrected chi connectivity index (χ1v) is 15.5. The van der Waals surface area contributed by atoms with Gasteiger partial charge in [0.05, 0.1) is 6.04 Å². The van der Waals surface area contributed by atoms with E-state index in [9.17, 15) is 9.59 Å². The summed E-state index contributed by atoms with van der Waals surface area (Å²) in [6, 6.07) is 24.6. The van der Waals surface area contributed by atoms with Crippen molar-refractivity contribution in [3.05, 3.63) is 112 Å². The van der Waals surface area contributed by atoms with E-state index in [0.717, 1.165) is 69.3 Å². The van der Waals surface area contributed by atoms with Crippen LogP contribution < -0.4 is 5.32 Å². The smallest absolute Gasteiger partial charge is 0.289 e. The molecular formula is C36H41N3O3. The number of hydrogen-bond acceptors (Lipinski definition) is 4. The highest BCUT2D eigenvalue weighted by Gasteiger charge is 2.41. The molecule has 3 aromatic carbocycles. The Morgan fingerprint density at radius 2 is 1.81 bits per heavy atom. The minimum absolute atomic E-state index is 0.0252. The highest BCUT2D eigenvalue weighted by atomic mass is 16.5. The molecule has 42 heavy (non-hydrogen) atoms. The molecule has 6 heteroatoms. The highest BCUT2D eigenvalue weighted by Crippen LogP contribution is 2.34. The molecule has 2 heterocycles. The molecule has 3 aromatic rings. The van der Waals surface area contributed by atoms with Crippen molar-refractivity contribution in [2.24, 2.45) is 0 Å². The van der Waals surface area contributed by atoms with Gasteiger partial charge in [-0.2, -0.15) is 0 Å².